The van der Waals surface area contributed by atoms with Gasteiger partial charge in [-0.05, 0) is 53.4 Å². The van der Waals surface area contributed by atoms with E-state index in [1.54, 1.807) is 0 Å². The van der Waals surface area contributed by atoms with Crippen molar-refractivity contribution in [1.29, 1.82) is 0 Å². The molecule has 3 rings (SSSR count). The molecule has 0 bridgehead atoms. The minimum absolute atomic E-state index is 0.764. The maximum Gasteiger partial charge on any atom is 0.0969 e. The SMILES string of the molecule is Cc1cc(Br)c2sc(C3CC3)nc2c1. The zero-order valence-electron chi connectivity index (χ0n) is 7.88. The Labute approximate surface area is 95.3 Å². The molecule has 1 nitrogen and oxygen atoms in total. The zero-order chi connectivity index (χ0) is 9.71. The fraction of sp³-hybridized carbons (Fsp3) is 0.364. The Morgan fingerprint density at radius 1 is 1.43 bits per heavy atom. The number of rotatable bonds is 1. The number of fused-ring (bicyclic) bond motifs is 1. The number of hydrogen-bond donors (Lipinski definition) is 0. The molecule has 0 aliphatic heterocycles. The molecular weight excluding hydrogens is 258 g/mol. The van der Waals surface area contributed by atoms with Crippen LogP contribution in [0.5, 0.6) is 0 Å². The molecule has 1 saturated carbocycles. The average molecular weight is 268 g/mol. The van der Waals surface area contributed by atoms with Crippen LogP contribution < -0.4 is 0 Å². The van der Waals surface area contributed by atoms with Gasteiger partial charge in [0.2, 0.25) is 0 Å². The minimum Gasteiger partial charge on any atom is -0.241 e. The quantitative estimate of drug-likeness (QED) is 0.753. The summed E-state index contributed by atoms with van der Waals surface area (Å²) in [5.41, 5.74) is 2.43. The van der Waals surface area contributed by atoms with E-state index < -0.39 is 0 Å². The van der Waals surface area contributed by atoms with Crippen molar-refractivity contribution in [3.63, 3.8) is 0 Å². The van der Waals surface area contributed by atoms with E-state index in [0.717, 1.165) is 11.4 Å². The third-order valence-corrected chi connectivity index (χ3v) is 4.69. The maximum atomic E-state index is 4.68. The number of aryl methyl sites for hydroxylation is 1. The largest absolute Gasteiger partial charge is 0.241 e. The van der Waals surface area contributed by atoms with Crippen LogP contribution in [0, 0.1) is 6.92 Å². The van der Waals surface area contributed by atoms with E-state index in [0.29, 0.717) is 0 Å². The van der Waals surface area contributed by atoms with Crippen LogP contribution in [-0.4, -0.2) is 4.98 Å². The molecule has 0 unspecified atom stereocenters. The highest BCUT2D eigenvalue weighted by Gasteiger charge is 2.27. The lowest BCUT2D eigenvalue weighted by molar-refractivity contribution is 1.10. The van der Waals surface area contributed by atoms with Crippen molar-refractivity contribution in [3.05, 3.63) is 27.2 Å². The Balaban J connectivity index is 2.26. The van der Waals surface area contributed by atoms with Crippen LogP contribution in [0.1, 0.15) is 29.3 Å². The van der Waals surface area contributed by atoms with Gasteiger partial charge in [0.15, 0.2) is 0 Å². The van der Waals surface area contributed by atoms with E-state index >= 15 is 0 Å². The number of thiazole rings is 1. The second-order valence-electron chi connectivity index (χ2n) is 3.92. The van der Waals surface area contributed by atoms with Crippen molar-refractivity contribution in [1.82, 2.24) is 4.98 Å². The molecule has 1 heterocycles. The molecule has 0 amide bonds. The summed E-state index contributed by atoms with van der Waals surface area (Å²) < 4.78 is 2.49. The summed E-state index contributed by atoms with van der Waals surface area (Å²) >= 11 is 5.45. The van der Waals surface area contributed by atoms with Crippen molar-refractivity contribution >= 4 is 37.5 Å². The molecule has 14 heavy (non-hydrogen) atoms. The molecule has 1 aliphatic carbocycles. The second-order valence-corrected chi connectivity index (χ2v) is 5.81. The minimum atomic E-state index is 0.764. The highest BCUT2D eigenvalue weighted by atomic mass is 79.9. The summed E-state index contributed by atoms with van der Waals surface area (Å²) in [5, 5.41) is 1.33. The van der Waals surface area contributed by atoms with Gasteiger partial charge in [-0.3, -0.25) is 0 Å². The smallest absolute Gasteiger partial charge is 0.0969 e. The number of hydrogen-bond acceptors (Lipinski definition) is 2. The topological polar surface area (TPSA) is 12.9 Å². The molecule has 3 heteroatoms. The second kappa shape index (κ2) is 3.04. The summed E-state index contributed by atoms with van der Waals surface area (Å²) in [6.07, 6.45) is 2.66. The van der Waals surface area contributed by atoms with E-state index in [1.807, 2.05) is 11.3 Å². The molecule has 0 spiro atoms. The van der Waals surface area contributed by atoms with Crippen molar-refractivity contribution < 1.29 is 0 Å². The lowest BCUT2D eigenvalue weighted by Crippen LogP contribution is -1.76. The molecule has 0 saturated heterocycles. The van der Waals surface area contributed by atoms with Crippen molar-refractivity contribution in [2.45, 2.75) is 25.7 Å². The molecule has 72 valence electrons. The molecule has 2 aromatic rings. The highest BCUT2D eigenvalue weighted by Crippen LogP contribution is 2.44. The average Bonchev–Trinajstić information content (AvgIpc) is 2.87. The highest BCUT2D eigenvalue weighted by molar-refractivity contribution is 9.10. The van der Waals surface area contributed by atoms with Gasteiger partial charge in [-0.1, -0.05) is 0 Å². The Morgan fingerprint density at radius 3 is 2.93 bits per heavy atom. The first-order valence-corrected chi connectivity index (χ1v) is 6.41. The van der Waals surface area contributed by atoms with Crippen LogP contribution >= 0.6 is 27.3 Å². The van der Waals surface area contributed by atoms with Crippen LogP contribution in [-0.2, 0) is 0 Å². The number of nitrogens with zero attached hydrogens (tertiary/aromatic N) is 1. The molecule has 1 aromatic carbocycles. The van der Waals surface area contributed by atoms with E-state index in [-0.39, 0.29) is 0 Å². The van der Waals surface area contributed by atoms with Gasteiger partial charge < -0.3 is 0 Å². The number of aromatic nitrogens is 1. The summed E-state index contributed by atoms with van der Waals surface area (Å²) in [5.74, 6) is 0.764. The van der Waals surface area contributed by atoms with Crippen LogP contribution in [0.25, 0.3) is 10.2 Å². The standard InChI is InChI=1S/C11H10BrNS/c1-6-4-8(12)10-9(5-6)13-11(14-10)7-2-3-7/h4-5,7H,2-3H2,1H3. The van der Waals surface area contributed by atoms with Crippen LogP contribution in [0.15, 0.2) is 16.6 Å². The van der Waals surface area contributed by atoms with Gasteiger partial charge >= 0.3 is 0 Å². The third kappa shape index (κ3) is 1.39. The molecule has 1 fully saturated rings. The monoisotopic (exact) mass is 267 g/mol. The first kappa shape index (κ1) is 8.86. The lowest BCUT2D eigenvalue weighted by Gasteiger charge is -1.94. The summed E-state index contributed by atoms with van der Waals surface area (Å²) in [6, 6.07) is 4.33. The van der Waals surface area contributed by atoms with E-state index in [2.05, 4.69) is 40.0 Å². The van der Waals surface area contributed by atoms with Crippen molar-refractivity contribution in [2.24, 2.45) is 0 Å². The van der Waals surface area contributed by atoms with Gasteiger partial charge in [-0.15, -0.1) is 11.3 Å². The van der Waals surface area contributed by atoms with Crippen molar-refractivity contribution in [2.75, 3.05) is 0 Å². The predicted molar refractivity (Wildman–Crippen MR) is 64.0 cm³/mol. The van der Waals surface area contributed by atoms with Gasteiger partial charge in [0.1, 0.15) is 0 Å². The van der Waals surface area contributed by atoms with Gasteiger partial charge in [-0.2, -0.15) is 0 Å². The maximum absolute atomic E-state index is 4.68. The first-order chi connectivity index (χ1) is 6.74. The van der Waals surface area contributed by atoms with Crippen LogP contribution in [0.3, 0.4) is 0 Å². The molecule has 0 atom stereocenters. The third-order valence-electron chi connectivity index (χ3n) is 2.53. The fourth-order valence-electron chi connectivity index (χ4n) is 1.65. The van der Waals surface area contributed by atoms with Crippen LogP contribution in [0.4, 0.5) is 0 Å². The number of benzene rings is 1. The first-order valence-electron chi connectivity index (χ1n) is 4.80. The Morgan fingerprint density at radius 2 is 2.21 bits per heavy atom. The van der Waals surface area contributed by atoms with E-state index in [1.165, 1.54) is 32.6 Å². The van der Waals surface area contributed by atoms with E-state index in [4.69, 9.17) is 0 Å². The lowest BCUT2D eigenvalue weighted by atomic mass is 10.2. The summed E-state index contributed by atoms with van der Waals surface area (Å²) in [6.45, 7) is 2.11. The molecule has 0 N–H and O–H groups in total. The van der Waals surface area contributed by atoms with Crippen molar-refractivity contribution in [3.8, 4) is 0 Å². The van der Waals surface area contributed by atoms with E-state index in [9.17, 15) is 0 Å². The Bertz CT molecular complexity index is 499. The fourth-order valence-corrected chi connectivity index (χ4v) is 3.57. The van der Waals surface area contributed by atoms with Gasteiger partial charge in [-0.25, -0.2) is 4.98 Å². The molecule has 1 aliphatic rings. The van der Waals surface area contributed by atoms with Crippen LogP contribution in [0.2, 0.25) is 0 Å². The Hall–Kier alpha value is -0.410. The zero-order valence-corrected chi connectivity index (χ0v) is 10.3. The predicted octanol–water partition coefficient (Wildman–Crippen LogP) is 4.24. The summed E-state index contributed by atoms with van der Waals surface area (Å²) in [7, 11) is 0. The van der Waals surface area contributed by atoms with Gasteiger partial charge in [0, 0.05) is 10.4 Å². The number of halogens is 1. The Kier molecular flexibility index (Phi) is 1.92. The molecule has 1 aromatic heterocycles. The molecule has 0 radical (unpaired) electrons. The van der Waals surface area contributed by atoms with Gasteiger partial charge in [0.05, 0.1) is 15.2 Å². The normalized spacial score (nSPS) is 16.4. The summed E-state index contributed by atoms with van der Waals surface area (Å²) in [4.78, 5) is 4.68. The molecular formula is C11H10BrNS. The van der Waals surface area contributed by atoms with Gasteiger partial charge in [0.25, 0.3) is 0 Å².